The molecular weight excluding hydrogens is 344 g/mol. The van der Waals surface area contributed by atoms with E-state index in [4.69, 9.17) is 19.5 Å². The fourth-order valence-corrected chi connectivity index (χ4v) is 2.91. The van der Waals surface area contributed by atoms with Gasteiger partial charge in [-0.1, -0.05) is 0 Å². The molecule has 27 heavy (non-hydrogen) atoms. The third-order valence-electron chi connectivity index (χ3n) is 4.22. The van der Waals surface area contributed by atoms with Crippen LogP contribution in [0.25, 0.3) is 0 Å². The Morgan fingerprint density at radius 3 is 2.78 bits per heavy atom. The van der Waals surface area contributed by atoms with E-state index in [1.54, 1.807) is 37.3 Å². The number of hydrogen-bond acceptors (Lipinski definition) is 5. The topological polar surface area (TPSA) is 80.6 Å². The highest BCUT2D eigenvalue weighted by molar-refractivity contribution is 5.95. The number of fused-ring (bicyclic) bond motifs is 1. The van der Waals surface area contributed by atoms with Crippen LogP contribution in [0.5, 0.6) is 17.2 Å². The Morgan fingerprint density at radius 1 is 1.37 bits per heavy atom. The standard InChI is InChI=1S/C21H22N2O4/c1-4-25-20-10-16-9-13(2)26-19(16)11-18(20)23-21(24)14(3)27-17-7-5-15(12-22)6-8-17/h5-8,10-11,13-14H,4,9H2,1-3H3,(H,23,24). The number of hydrogen-bond donors (Lipinski definition) is 1. The zero-order chi connectivity index (χ0) is 19.4. The molecule has 0 fully saturated rings. The molecule has 6 nitrogen and oxygen atoms in total. The maximum Gasteiger partial charge on any atom is 0.265 e. The monoisotopic (exact) mass is 366 g/mol. The normalized spacial score (nSPS) is 15.9. The van der Waals surface area contributed by atoms with Gasteiger partial charge in [-0.15, -0.1) is 0 Å². The third-order valence-corrected chi connectivity index (χ3v) is 4.22. The number of carbonyl (C=O) groups excluding carboxylic acids is 1. The van der Waals surface area contributed by atoms with E-state index in [-0.39, 0.29) is 12.0 Å². The van der Waals surface area contributed by atoms with Crippen LogP contribution in [-0.4, -0.2) is 24.7 Å². The van der Waals surface area contributed by atoms with Crippen molar-refractivity contribution >= 4 is 11.6 Å². The van der Waals surface area contributed by atoms with Gasteiger partial charge in [-0.05, 0) is 51.1 Å². The zero-order valence-corrected chi connectivity index (χ0v) is 15.6. The van der Waals surface area contributed by atoms with Gasteiger partial charge in [-0.25, -0.2) is 0 Å². The van der Waals surface area contributed by atoms with Crippen molar-refractivity contribution in [1.29, 1.82) is 5.26 Å². The number of nitrogens with one attached hydrogen (secondary N) is 1. The molecule has 0 aromatic heterocycles. The number of ether oxygens (including phenoxy) is 3. The molecule has 1 aliphatic heterocycles. The summed E-state index contributed by atoms with van der Waals surface area (Å²) in [5.41, 5.74) is 2.17. The second-order valence-corrected chi connectivity index (χ2v) is 6.41. The SMILES string of the molecule is CCOc1cc2c(cc1NC(=O)C(C)Oc1ccc(C#N)cc1)OC(C)C2. The maximum atomic E-state index is 12.6. The summed E-state index contributed by atoms with van der Waals surface area (Å²) in [6, 6.07) is 12.4. The van der Waals surface area contributed by atoms with Crippen molar-refractivity contribution < 1.29 is 19.0 Å². The van der Waals surface area contributed by atoms with Gasteiger partial charge in [0.2, 0.25) is 0 Å². The average Bonchev–Trinajstić information content (AvgIpc) is 3.01. The molecular formula is C21H22N2O4. The van der Waals surface area contributed by atoms with E-state index in [0.717, 1.165) is 17.7 Å². The van der Waals surface area contributed by atoms with Gasteiger partial charge in [-0.3, -0.25) is 4.79 Å². The summed E-state index contributed by atoms with van der Waals surface area (Å²) >= 11 is 0. The summed E-state index contributed by atoms with van der Waals surface area (Å²) in [4.78, 5) is 12.6. The summed E-state index contributed by atoms with van der Waals surface area (Å²) in [7, 11) is 0. The second kappa shape index (κ2) is 8.00. The minimum Gasteiger partial charge on any atom is -0.492 e. The van der Waals surface area contributed by atoms with Crippen LogP contribution in [0.4, 0.5) is 5.69 Å². The average molecular weight is 366 g/mol. The molecule has 0 radical (unpaired) electrons. The molecule has 0 bridgehead atoms. The Balaban J connectivity index is 1.72. The highest BCUT2D eigenvalue weighted by Gasteiger charge is 2.24. The highest BCUT2D eigenvalue weighted by Crippen LogP contribution is 2.38. The molecule has 2 atom stereocenters. The van der Waals surface area contributed by atoms with Gasteiger partial charge in [0.25, 0.3) is 5.91 Å². The number of carbonyl (C=O) groups is 1. The van der Waals surface area contributed by atoms with E-state index >= 15 is 0 Å². The van der Waals surface area contributed by atoms with Crippen LogP contribution in [0.1, 0.15) is 31.9 Å². The minimum atomic E-state index is -0.722. The Bertz CT molecular complexity index is 871. The molecule has 3 rings (SSSR count). The number of rotatable bonds is 6. The summed E-state index contributed by atoms with van der Waals surface area (Å²) in [6.45, 7) is 6.07. The Hall–Kier alpha value is -3.20. The first-order valence-electron chi connectivity index (χ1n) is 8.94. The number of benzene rings is 2. The number of amides is 1. The Kier molecular flexibility index (Phi) is 5.51. The van der Waals surface area contributed by atoms with Crippen LogP contribution in [0.2, 0.25) is 0 Å². The molecule has 1 heterocycles. The van der Waals surface area contributed by atoms with E-state index in [2.05, 4.69) is 5.32 Å². The number of nitrogens with zero attached hydrogens (tertiary/aromatic N) is 1. The summed E-state index contributed by atoms with van der Waals surface area (Å²) in [5.74, 6) is 1.61. The lowest BCUT2D eigenvalue weighted by atomic mass is 10.1. The molecule has 2 aromatic carbocycles. The molecule has 0 saturated carbocycles. The van der Waals surface area contributed by atoms with E-state index in [1.807, 2.05) is 26.0 Å². The van der Waals surface area contributed by atoms with Crippen LogP contribution in [0, 0.1) is 11.3 Å². The summed E-state index contributed by atoms with van der Waals surface area (Å²) < 4.78 is 17.1. The van der Waals surface area contributed by atoms with Crippen LogP contribution in [0.3, 0.4) is 0 Å². The molecule has 6 heteroatoms. The molecule has 140 valence electrons. The molecule has 1 N–H and O–H groups in total. The van der Waals surface area contributed by atoms with Gasteiger partial charge in [0.15, 0.2) is 6.10 Å². The van der Waals surface area contributed by atoms with E-state index < -0.39 is 6.10 Å². The summed E-state index contributed by atoms with van der Waals surface area (Å²) in [6.07, 6.45) is 0.210. The summed E-state index contributed by atoms with van der Waals surface area (Å²) in [5, 5.41) is 11.7. The van der Waals surface area contributed by atoms with Crippen molar-refractivity contribution in [3.63, 3.8) is 0 Å². The first kappa shape index (κ1) is 18.6. The van der Waals surface area contributed by atoms with Gasteiger partial charge in [-0.2, -0.15) is 5.26 Å². The Labute approximate surface area is 158 Å². The van der Waals surface area contributed by atoms with Crippen molar-refractivity contribution in [2.75, 3.05) is 11.9 Å². The predicted molar refractivity (Wildman–Crippen MR) is 101 cm³/mol. The van der Waals surface area contributed by atoms with Gasteiger partial charge < -0.3 is 19.5 Å². The second-order valence-electron chi connectivity index (χ2n) is 6.41. The van der Waals surface area contributed by atoms with Gasteiger partial charge in [0, 0.05) is 18.1 Å². The smallest absolute Gasteiger partial charge is 0.265 e. The van der Waals surface area contributed by atoms with Crippen molar-refractivity contribution in [3.05, 3.63) is 47.5 Å². The fourth-order valence-electron chi connectivity index (χ4n) is 2.91. The van der Waals surface area contributed by atoms with E-state index in [0.29, 0.717) is 29.4 Å². The highest BCUT2D eigenvalue weighted by atomic mass is 16.5. The van der Waals surface area contributed by atoms with Crippen molar-refractivity contribution in [2.45, 2.75) is 39.4 Å². The first-order chi connectivity index (χ1) is 13.0. The zero-order valence-electron chi connectivity index (χ0n) is 15.6. The lowest BCUT2D eigenvalue weighted by molar-refractivity contribution is -0.122. The van der Waals surface area contributed by atoms with Crippen LogP contribution in [0.15, 0.2) is 36.4 Å². The maximum absolute atomic E-state index is 12.6. The quantitative estimate of drug-likeness (QED) is 0.843. The Morgan fingerprint density at radius 2 is 2.11 bits per heavy atom. The lowest BCUT2D eigenvalue weighted by Gasteiger charge is -2.17. The van der Waals surface area contributed by atoms with Crippen molar-refractivity contribution in [3.8, 4) is 23.3 Å². The predicted octanol–water partition coefficient (Wildman–Crippen LogP) is 3.69. The lowest BCUT2D eigenvalue weighted by Crippen LogP contribution is -2.30. The number of anilines is 1. The minimum absolute atomic E-state index is 0.110. The van der Waals surface area contributed by atoms with Crippen LogP contribution in [-0.2, 0) is 11.2 Å². The number of nitriles is 1. The first-order valence-corrected chi connectivity index (χ1v) is 8.94. The molecule has 2 aromatic rings. The van der Waals surface area contributed by atoms with Gasteiger partial charge >= 0.3 is 0 Å². The van der Waals surface area contributed by atoms with Crippen molar-refractivity contribution in [2.24, 2.45) is 0 Å². The molecule has 2 unspecified atom stereocenters. The van der Waals surface area contributed by atoms with Crippen LogP contribution >= 0.6 is 0 Å². The van der Waals surface area contributed by atoms with Gasteiger partial charge in [0.1, 0.15) is 23.4 Å². The molecule has 0 saturated heterocycles. The van der Waals surface area contributed by atoms with Crippen LogP contribution < -0.4 is 19.5 Å². The molecule has 1 aliphatic rings. The fraction of sp³-hybridized carbons (Fsp3) is 0.333. The van der Waals surface area contributed by atoms with Gasteiger partial charge in [0.05, 0.1) is 23.9 Å². The largest absolute Gasteiger partial charge is 0.492 e. The molecule has 1 amide bonds. The molecule has 0 aliphatic carbocycles. The third kappa shape index (κ3) is 4.32. The van der Waals surface area contributed by atoms with E-state index in [9.17, 15) is 4.79 Å². The van der Waals surface area contributed by atoms with E-state index in [1.165, 1.54) is 0 Å². The molecule has 0 spiro atoms. The van der Waals surface area contributed by atoms with Crippen molar-refractivity contribution in [1.82, 2.24) is 0 Å².